The van der Waals surface area contributed by atoms with Gasteiger partial charge in [0.05, 0.1) is 11.0 Å². The van der Waals surface area contributed by atoms with Gasteiger partial charge >= 0.3 is 0 Å². The number of fused-ring (bicyclic) bond motifs is 1. The fourth-order valence-electron chi connectivity index (χ4n) is 2.32. The molecule has 19 heavy (non-hydrogen) atoms. The van der Waals surface area contributed by atoms with Crippen LogP contribution in [0.2, 0.25) is 0 Å². The Hall–Kier alpha value is -1.17. The van der Waals surface area contributed by atoms with E-state index in [9.17, 15) is 0 Å². The highest BCUT2D eigenvalue weighted by atomic mass is 32.1. The number of nitrogens with one attached hydrogen (secondary N) is 1. The van der Waals surface area contributed by atoms with E-state index in [1.165, 1.54) is 4.70 Å². The van der Waals surface area contributed by atoms with E-state index in [1.54, 1.807) is 17.5 Å². The lowest BCUT2D eigenvalue weighted by Gasteiger charge is -2.36. The van der Waals surface area contributed by atoms with E-state index in [0.29, 0.717) is 12.5 Å². The van der Waals surface area contributed by atoms with Gasteiger partial charge in [0.25, 0.3) is 0 Å². The molecule has 3 rings (SSSR count). The van der Waals surface area contributed by atoms with Crippen LogP contribution in [0.15, 0.2) is 23.7 Å². The first-order valence-electron chi connectivity index (χ1n) is 6.48. The predicted molar refractivity (Wildman–Crippen MR) is 76.9 cm³/mol. The third kappa shape index (κ3) is 2.88. The zero-order valence-electron chi connectivity index (χ0n) is 11.2. The largest absolute Gasteiger partial charge is 0.474 e. The Morgan fingerprint density at radius 1 is 1.53 bits per heavy atom. The van der Waals surface area contributed by atoms with Crippen LogP contribution in [0.4, 0.5) is 0 Å². The van der Waals surface area contributed by atoms with Crippen molar-refractivity contribution in [2.45, 2.75) is 25.6 Å². The van der Waals surface area contributed by atoms with E-state index in [-0.39, 0.29) is 11.7 Å². The van der Waals surface area contributed by atoms with Crippen molar-refractivity contribution < 1.29 is 9.47 Å². The number of nitrogens with zero attached hydrogens (tertiary/aromatic N) is 1. The van der Waals surface area contributed by atoms with Crippen molar-refractivity contribution in [1.82, 2.24) is 10.3 Å². The van der Waals surface area contributed by atoms with Gasteiger partial charge in [0.15, 0.2) is 0 Å². The van der Waals surface area contributed by atoms with Crippen molar-refractivity contribution in [1.29, 1.82) is 0 Å². The predicted octanol–water partition coefficient (Wildman–Crippen LogP) is 2.44. The zero-order chi connectivity index (χ0) is 13.3. The second-order valence-electron chi connectivity index (χ2n) is 5.39. The summed E-state index contributed by atoms with van der Waals surface area (Å²) in [7, 11) is 0. The summed E-state index contributed by atoms with van der Waals surface area (Å²) < 4.78 is 13.0. The highest BCUT2D eigenvalue weighted by molar-refractivity contribution is 7.17. The fourth-order valence-corrected chi connectivity index (χ4v) is 3.09. The van der Waals surface area contributed by atoms with Crippen LogP contribution in [0.25, 0.3) is 10.1 Å². The first-order chi connectivity index (χ1) is 9.14. The van der Waals surface area contributed by atoms with Crippen molar-refractivity contribution in [3.05, 3.63) is 23.7 Å². The molecule has 2 aromatic rings. The molecular formula is C14H18N2O2S. The van der Waals surface area contributed by atoms with Crippen molar-refractivity contribution in [3.63, 3.8) is 0 Å². The maximum Gasteiger partial charge on any atom is 0.222 e. The molecule has 0 amide bonds. The zero-order valence-corrected chi connectivity index (χ0v) is 12.0. The molecule has 5 heteroatoms. The number of thiophene rings is 1. The van der Waals surface area contributed by atoms with Gasteiger partial charge in [0.1, 0.15) is 12.7 Å². The number of morpholine rings is 1. The Kier molecular flexibility index (Phi) is 3.43. The summed E-state index contributed by atoms with van der Waals surface area (Å²) in [5, 5.41) is 6.51. The molecule has 1 aliphatic rings. The van der Waals surface area contributed by atoms with E-state index < -0.39 is 0 Å². The molecule has 0 bridgehead atoms. The quantitative estimate of drug-likeness (QED) is 0.936. The van der Waals surface area contributed by atoms with Crippen LogP contribution in [0, 0.1) is 0 Å². The number of ether oxygens (including phenoxy) is 2. The van der Waals surface area contributed by atoms with Gasteiger partial charge in [-0.2, -0.15) is 0 Å². The summed E-state index contributed by atoms with van der Waals surface area (Å²) in [5.41, 5.74) is -0.131. The van der Waals surface area contributed by atoms with Crippen LogP contribution in [-0.2, 0) is 4.74 Å². The molecule has 4 nitrogen and oxygen atoms in total. The number of rotatable bonds is 3. The first-order valence-corrected chi connectivity index (χ1v) is 7.36. The molecule has 1 fully saturated rings. The number of pyridine rings is 1. The summed E-state index contributed by atoms with van der Waals surface area (Å²) >= 11 is 1.70. The van der Waals surface area contributed by atoms with Crippen LogP contribution in [0.5, 0.6) is 5.88 Å². The van der Waals surface area contributed by atoms with Crippen LogP contribution >= 0.6 is 11.3 Å². The monoisotopic (exact) mass is 278 g/mol. The maximum absolute atomic E-state index is 5.98. The Labute approximate surface area is 116 Å². The molecule has 1 aliphatic heterocycles. The van der Waals surface area contributed by atoms with Crippen molar-refractivity contribution in [3.8, 4) is 5.88 Å². The molecule has 0 spiro atoms. The fraction of sp³-hybridized carbons (Fsp3) is 0.500. The molecule has 1 saturated heterocycles. The number of aromatic nitrogens is 1. The summed E-state index contributed by atoms with van der Waals surface area (Å²) in [6, 6.07) is 4.06. The molecule has 1 atom stereocenters. The van der Waals surface area contributed by atoms with Crippen LogP contribution in [-0.4, -0.2) is 36.4 Å². The Bertz CT molecular complexity index is 567. The van der Waals surface area contributed by atoms with Crippen molar-refractivity contribution >= 4 is 21.4 Å². The van der Waals surface area contributed by atoms with Gasteiger partial charge in [-0.1, -0.05) is 0 Å². The lowest BCUT2D eigenvalue weighted by Crippen LogP contribution is -2.52. The lowest BCUT2D eigenvalue weighted by atomic mass is 10.1. The van der Waals surface area contributed by atoms with Gasteiger partial charge in [0, 0.05) is 24.0 Å². The average molecular weight is 278 g/mol. The molecule has 2 aromatic heterocycles. The highest BCUT2D eigenvalue weighted by Crippen LogP contribution is 2.27. The minimum atomic E-state index is -0.131. The van der Waals surface area contributed by atoms with Gasteiger partial charge in [-0.25, -0.2) is 4.98 Å². The average Bonchev–Trinajstić information content (AvgIpc) is 2.84. The van der Waals surface area contributed by atoms with E-state index in [4.69, 9.17) is 9.47 Å². The third-order valence-corrected chi connectivity index (χ3v) is 4.04. The van der Waals surface area contributed by atoms with Gasteiger partial charge in [-0.3, -0.25) is 0 Å². The molecule has 0 aromatic carbocycles. The van der Waals surface area contributed by atoms with E-state index in [2.05, 4.69) is 29.5 Å². The van der Waals surface area contributed by atoms with Gasteiger partial charge in [-0.05, 0) is 31.4 Å². The number of hydrogen-bond acceptors (Lipinski definition) is 5. The van der Waals surface area contributed by atoms with Crippen molar-refractivity contribution in [2.24, 2.45) is 0 Å². The smallest absolute Gasteiger partial charge is 0.222 e. The minimum absolute atomic E-state index is 0.0689. The molecule has 0 aliphatic carbocycles. The van der Waals surface area contributed by atoms with Gasteiger partial charge < -0.3 is 14.8 Å². The van der Waals surface area contributed by atoms with Crippen LogP contribution in [0.3, 0.4) is 0 Å². The molecule has 1 N–H and O–H groups in total. The first kappa shape index (κ1) is 12.8. The molecule has 102 valence electrons. The topological polar surface area (TPSA) is 43.4 Å². The molecule has 0 saturated carbocycles. The maximum atomic E-state index is 5.98. The Morgan fingerprint density at radius 3 is 3.26 bits per heavy atom. The number of hydrogen-bond donors (Lipinski definition) is 1. The van der Waals surface area contributed by atoms with Crippen molar-refractivity contribution in [2.75, 3.05) is 19.7 Å². The molecule has 3 heterocycles. The second kappa shape index (κ2) is 5.07. The van der Waals surface area contributed by atoms with Crippen LogP contribution in [0.1, 0.15) is 13.8 Å². The standard InChI is InChI=1S/C14H18N2O2S/c1-14(2)9-15-7-10(18-14)8-17-13-11-4-6-19-12(11)3-5-16-13/h3-6,10,15H,7-9H2,1-2H3. The van der Waals surface area contributed by atoms with E-state index in [1.807, 2.05) is 12.1 Å². The van der Waals surface area contributed by atoms with Gasteiger partial charge in [-0.15, -0.1) is 11.3 Å². The summed E-state index contributed by atoms with van der Waals surface area (Å²) in [5.74, 6) is 0.700. The summed E-state index contributed by atoms with van der Waals surface area (Å²) in [6.45, 7) is 6.40. The molecular weight excluding hydrogens is 260 g/mol. The highest BCUT2D eigenvalue weighted by Gasteiger charge is 2.28. The van der Waals surface area contributed by atoms with E-state index in [0.717, 1.165) is 18.5 Å². The minimum Gasteiger partial charge on any atom is -0.474 e. The Morgan fingerprint density at radius 2 is 2.42 bits per heavy atom. The SMILES string of the molecule is CC1(C)CNCC(COc2nccc3sccc23)O1. The molecule has 1 unspecified atom stereocenters. The summed E-state index contributed by atoms with van der Waals surface area (Å²) in [4.78, 5) is 4.31. The van der Waals surface area contributed by atoms with Gasteiger partial charge in [0.2, 0.25) is 5.88 Å². The Balaban J connectivity index is 1.67. The second-order valence-corrected chi connectivity index (χ2v) is 6.34. The molecule has 0 radical (unpaired) electrons. The normalized spacial score (nSPS) is 22.5. The third-order valence-electron chi connectivity index (χ3n) is 3.16. The lowest BCUT2D eigenvalue weighted by molar-refractivity contribution is -0.107. The summed E-state index contributed by atoms with van der Waals surface area (Å²) in [6.07, 6.45) is 1.86. The van der Waals surface area contributed by atoms with E-state index >= 15 is 0 Å². The van der Waals surface area contributed by atoms with Crippen LogP contribution < -0.4 is 10.1 Å².